The fourth-order valence-electron chi connectivity index (χ4n) is 3.70. The van der Waals surface area contributed by atoms with Gasteiger partial charge in [-0.25, -0.2) is 4.39 Å². The number of piperidine rings is 2. The number of hydrogen-bond acceptors (Lipinski definition) is 2. The number of nitrogens with one attached hydrogen (secondary N) is 1. The van der Waals surface area contributed by atoms with Crippen LogP contribution in [0.4, 0.5) is 4.39 Å². The molecule has 1 aromatic carbocycles. The Bertz CT molecular complexity index is 466. The first-order valence-electron chi connectivity index (χ1n) is 7.52. The van der Waals surface area contributed by atoms with Gasteiger partial charge in [0, 0.05) is 29.1 Å². The van der Waals surface area contributed by atoms with E-state index in [4.69, 9.17) is 0 Å². The summed E-state index contributed by atoms with van der Waals surface area (Å²) in [5, 5.41) is 3.67. The Morgan fingerprint density at radius 2 is 2.00 bits per heavy atom. The standard InChI is InChI=1S/C16H22BrFN2/c1-20-14-3-2-4-15(20)9-13(8-14)19-10-11-5-6-12(18)7-16(11)17/h5-7,13-15,19H,2-4,8-10H2,1H3. The van der Waals surface area contributed by atoms with Gasteiger partial charge in [-0.15, -0.1) is 0 Å². The lowest BCUT2D eigenvalue weighted by atomic mass is 9.82. The van der Waals surface area contributed by atoms with Gasteiger partial charge >= 0.3 is 0 Å². The molecule has 0 aromatic heterocycles. The van der Waals surface area contributed by atoms with Crippen molar-refractivity contribution in [3.63, 3.8) is 0 Å². The highest BCUT2D eigenvalue weighted by Gasteiger charge is 2.35. The number of rotatable bonds is 3. The lowest BCUT2D eigenvalue weighted by Crippen LogP contribution is -2.54. The molecular weight excluding hydrogens is 319 g/mol. The first-order valence-corrected chi connectivity index (χ1v) is 8.32. The van der Waals surface area contributed by atoms with Crippen molar-refractivity contribution in [1.29, 1.82) is 0 Å². The lowest BCUT2D eigenvalue weighted by Gasteiger charge is -2.47. The number of benzene rings is 1. The highest BCUT2D eigenvalue weighted by atomic mass is 79.9. The molecule has 0 amide bonds. The second kappa shape index (κ2) is 6.12. The van der Waals surface area contributed by atoms with Gasteiger partial charge < -0.3 is 10.2 Å². The fourth-order valence-corrected chi connectivity index (χ4v) is 4.19. The Labute approximate surface area is 128 Å². The second-order valence-corrected chi connectivity index (χ2v) is 7.04. The predicted molar refractivity (Wildman–Crippen MR) is 83.2 cm³/mol. The fraction of sp³-hybridized carbons (Fsp3) is 0.625. The maximum atomic E-state index is 13.1. The van der Waals surface area contributed by atoms with Crippen molar-refractivity contribution in [2.45, 2.75) is 56.8 Å². The van der Waals surface area contributed by atoms with Crippen LogP contribution in [0.25, 0.3) is 0 Å². The minimum Gasteiger partial charge on any atom is -0.310 e. The molecule has 0 radical (unpaired) electrons. The summed E-state index contributed by atoms with van der Waals surface area (Å²) in [6, 6.07) is 7.03. The summed E-state index contributed by atoms with van der Waals surface area (Å²) in [6.07, 6.45) is 6.55. The molecule has 0 aliphatic carbocycles. The van der Waals surface area contributed by atoms with Crippen LogP contribution >= 0.6 is 15.9 Å². The summed E-state index contributed by atoms with van der Waals surface area (Å²) < 4.78 is 13.9. The van der Waals surface area contributed by atoms with E-state index in [9.17, 15) is 4.39 Å². The molecule has 20 heavy (non-hydrogen) atoms. The smallest absolute Gasteiger partial charge is 0.124 e. The van der Waals surface area contributed by atoms with E-state index in [2.05, 4.69) is 33.2 Å². The first-order chi connectivity index (χ1) is 9.63. The summed E-state index contributed by atoms with van der Waals surface area (Å²) in [5.41, 5.74) is 1.13. The molecule has 1 aromatic rings. The van der Waals surface area contributed by atoms with Crippen molar-refractivity contribution in [2.75, 3.05) is 7.05 Å². The number of nitrogens with zero attached hydrogens (tertiary/aromatic N) is 1. The summed E-state index contributed by atoms with van der Waals surface area (Å²) in [4.78, 5) is 2.58. The first kappa shape index (κ1) is 14.5. The number of fused-ring (bicyclic) bond motifs is 2. The number of hydrogen-bond donors (Lipinski definition) is 1. The molecule has 2 unspecified atom stereocenters. The molecule has 2 aliphatic heterocycles. The zero-order valence-electron chi connectivity index (χ0n) is 11.9. The van der Waals surface area contributed by atoms with Gasteiger partial charge in [0.1, 0.15) is 5.82 Å². The largest absolute Gasteiger partial charge is 0.310 e. The van der Waals surface area contributed by atoms with Gasteiger partial charge in [0.05, 0.1) is 0 Å². The third-order valence-corrected chi connectivity index (χ3v) is 5.67. The molecule has 0 saturated carbocycles. The molecule has 4 heteroatoms. The molecular formula is C16H22BrFN2. The van der Waals surface area contributed by atoms with E-state index in [1.54, 1.807) is 6.07 Å². The summed E-state index contributed by atoms with van der Waals surface area (Å²) in [7, 11) is 2.28. The maximum absolute atomic E-state index is 13.1. The van der Waals surface area contributed by atoms with Gasteiger partial charge in [0.2, 0.25) is 0 Å². The van der Waals surface area contributed by atoms with Crippen molar-refractivity contribution in [3.8, 4) is 0 Å². The van der Waals surface area contributed by atoms with E-state index in [0.29, 0.717) is 6.04 Å². The highest BCUT2D eigenvalue weighted by Crippen LogP contribution is 2.32. The average Bonchev–Trinajstić information content (AvgIpc) is 2.38. The molecule has 2 nitrogen and oxygen atoms in total. The van der Waals surface area contributed by atoms with Crippen LogP contribution in [0.1, 0.15) is 37.7 Å². The molecule has 2 bridgehead atoms. The van der Waals surface area contributed by atoms with Gasteiger partial charge in [-0.3, -0.25) is 0 Å². The van der Waals surface area contributed by atoms with Crippen molar-refractivity contribution < 1.29 is 4.39 Å². The predicted octanol–water partition coefficient (Wildman–Crippen LogP) is 3.69. The quantitative estimate of drug-likeness (QED) is 0.902. The third kappa shape index (κ3) is 3.07. The van der Waals surface area contributed by atoms with E-state index in [0.717, 1.165) is 28.7 Å². The molecule has 2 atom stereocenters. The molecule has 2 aliphatic rings. The minimum absolute atomic E-state index is 0.186. The molecule has 0 spiro atoms. The van der Waals surface area contributed by atoms with E-state index >= 15 is 0 Å². The summed E-state index contributed by atoms with van der Waals surface area (Å²) in [5.74, 6) is -0.186. The normalized spacial score (nSPS) is 30.4. The van der Waals surface area contributed by atoms with Gasteiger partial charge in [0.15, 0.2) is 0 Å². The molecule has 1 N–H and O–H groups in total. The molecule has 2 heterocycles. The Morgan fingerprint density at radius 1 is 1.30 bits per heavy atom. The van der Waals surface area contributed by atoms with Gasteiger partial charge in [0.25, 0.3) is 0 Å². The summed E-state index contributed by atoms with van der Waals surface area (Å²) >= 11 is 3.44. The van der Waals surface area contributed by atoms with Crippen LogP contribution in [0, 0.1) is 5.82 Å². The van der Waals surface area contributed by atoms with Crippen LogP contribution in [-0.4, -0.2) is 30.1 Å². The van der Waals surface area contributed by atoms with Crippen LogP contribution < -0.4 is 5.32 Å². The number of halogens is 2. The van der Waals surface area contributed by atoms with Crippen molar-refractivity contribution in [3.05, 3.63) is 34.1 Å². The van der Waals surface area contributed by atoms with E-state index < -0.39 is 0 Å². The minimum atomic E-state index is -0.186. The zero-order valence-corrected chi connectivity index (χ0v) is 13.5. The van der Waals surface area contributed by atoms with E-state index in [1.165, 1.54) is 38.2 Å². The Balaban J connectivity index is 1.59. The van der Waals surface area contributed by atoms with Crippen LogP contribution in [-0.2, 0) is 6.54 Å². The van der Waals surface area contributed by atoms with Crippen LogP contribution in [0.3, 0.4) is 0 Å². The van der Waals surface area contributed by atoms with Crippen LogP contribution in [0.2, 0.25) is 0 Å². The van der Waals surface area contributed by atoms with Gasteiger partial charge in [-0.1, -0.05) is 28.4 Å². The lowest BCUT2D eigenvalue weighted by molar-refractivity contribution is 0.0482. The maximum Gasteiger partial charge on any atom is 0.124 e. The third-order valence-electron chi connectivity index (χ3n) is 4.94. The van der Waals surface area contributed by atoms with Crippen LogP contribution in [0.5, 0.6) is 0 Å². The van der Waals surface area contributed by atoms with Gasteiger partial charge in [-0.05, 0) is 50.4 Å². The van der Waals surface area contributed by atoms with E-state index in [-0.39, 0.29) is 5.82 Å². The Kier molecular flexibility index (Phi) is 4.43. The Morgan fingerprint density at radius 3 is 2.65 bits per heavy atom. The highest BCUT2D eigenvalue weighted by molar-refractivity contribution is 9.10. The SMILES string of the molecule is CN1C2CCCC1CC(NCc1ccc(F)cc1Br)C2. The zero-order chi connectivity index (χ0) is 14.1. The molecule has 2 saturated heterocycles. The monoisotopic (exact) mass is 340 g/mol. The van der Waals surface area contributed by atoms with Crippen molar-refractivity contribution in [1.82, 2.24) is 10.2 Å². The Hall–Kier alpha value is -0.450. The van der Waals surface area contributed by atoms with Crippen molar-refractivity contribution >= 4 is 15.9 Å². The topological polar surface area (TPSA) is 15.3 Å². The van der Waals surface area contributed by atoms with Crippen molar-refractivity contribution in [2.24, 2.45) is 0 Å². The van der Waals surface area contributed by atoms with E-state index in [1.807, 2.05) is 6.07 Å². The average molecular weight is 341 g/mol. The van der Waals surface area contributed by atoms with Crippen LogP contribution in [0.15, 0.2) is 22.7 Å². The molecule has 2 fully saturated rings. The second-order valence-electron chi connectivity index (χ2n) is 6.19. The molecule has 110 valence electrons. The van der Waals surface area contributed by atoms with Gasteiger partial charge in [-0.2, -0.15) is 0 Å². The summed E-state index contributed by atoms with van der Waals surface area (Å²) in [6.45, 7) is 0.814. The molecule has 3 rings (SSSR count).